The first-order valence-electron chi connectivity index (χ1n) is 9.69. The molecule has 2 aromatic heterocycles. The summed E-state index contributed by atoms with van der Waals surface area (Å²) in [5.74, 6) is 0.162. The highest BCUT2D eigenvalue weighted by Crippen LogP contribution is 2.35. The zero-order valence-corrected chi connectivity index (χ0v) is 15.5. The summed E-state index contributed by atoms with van der Waals surface area (Å²) in [4.78, 5) is 14.7. The fourth-order valence-corrected chi connectivity index (χ4v) is 4.46. The van der Waals surface area contributed by atoms with E-state index in [4.69, 9.17) is 0 Å². The van der Waals surface area contributed by atoms with E-state index in [1.54, 1.807) is 12.5 Å². The van der Waals surface area contributed by atoms with Crippen molar-refractivity contribution in [2.75, 3.05) is 19.6 Å². The molecule has 1 fully saturated rings. The minimum Gasteiger partial charge on any atom is -0.348 e. The van der Waals surface area contributed by atoms with E-state index in [1.165, 1.54) is 17.8 Å². The van der Waals surface area contributed by atoms with Crippen LogP contribution in [-0.2, 0) is 6.42 Å². The van der Waals surface area contributed by atoms with Gasteiger partial charge in [0.2, 0.25) is 0 Å². The second-order valence-corrected chi connectivity index (χ2v) is 7.51. The zero-order chi connectivity index (χ0) is 18.9. The Kier molecular flexibility index (Phi) is 4.64. The third-order valence-electron chi connectivity index (χ3n) is 5.82. The van der Waals surface area contributed by atoms with Crippen LogP contribution in [0.4, 0.5) is 4.39 Å². The normalized spacial score (nSPS) is 25.0. The van der Waals surface area contributed by atoms with Crippen molar-refractivity contribution < 1.29 is 4.39 Å². The molecule has 0 aliphatic carbocycles. The topological polar surface area (TPSA) is 68.9 Å². The Morgan fingerprint density at radius 3 is 2.86 bits per heavy atom. The summed E-state index contributed by atoms with van der Waals surface area (Å²) in [5.41, 5.74) is 11.2. The van der Waals surface area contributed by atoms with E-state index in [2.05, 4.69) is 36.8 Å². The molecule has 7 heteroatoms. The molecule has 0 amide bonds. The standard InChI is InChI=1S/C21H23FN6/c22-17-5-3-14(4-6-17)19-16(11-26-27-19)12-28-9-7-18-20(25-13-24-18)21(28)15-2-1-8-23-10-15/h1-6,8,10,13,16,19,21,26-27H,7,9,11-12H2,(H,24,25). The van der Waals surface area contributed by atoms with Crippen LogP contribution in [0.2, 0.25) is 0 Å². The second-order valence-electron chi connectivity index (χ2n) is 7.51. The number of rotatable bonds is 4. The molecule has 0 radical (unpaired) electrons. The Balaban J connectivity index is 1.42. The van der Waals surface area contributed by atoms with E-state index in [1.807, 2.05) is 24.4 Å². The van der Waals surface area contributed by atoms with Gasteiger partial charge in [0.1, 0.15) is 5.82 Å². The van der Waals surface area contributed by atoms with Crippen molar-refractivity contribution in [2.24, 2.45) is 5.92 Å². The van der Waals surface area contributed by atoms with Crippen LogP contribution < -0.4 is 10.9 Å². The Hall–Kier alpha value is -2.61. The van der Waals surface area contributed by atoms with Gasteiger partial charge in [-0.25, -0.2) is 14.8 Å². The van der Waals surface area contributed by atoms with Crippen molar-refractivity contribution in [3.63, 3.8) is 0 Å². The fraction of sp³-hybridized carbons (Fsp3) is 0.333. The van der Waals surface area contributed by atoms with Gasteiger partial charge in [0, 0.05) is 50.1 Å². The number of hydrazine groups is 1. The Labute approximate surface area is 163 Å². The predicted molar refractivity (Wildman–Crippen MR) is 104 cm³/mol. The molecule has 28 heavy (non-hydrogen) atoms. The van der Waals surface area contributed by atoms with Gasteiger partial charge in [-0.2, -0.15) is 0 Å². The molecule has 0 spiro atoms. The van der Waals surface area contributed by atoms with Crippen molar-refractivity contribution in [3.8, 4) is 0 Å². The molecule has 1 aromatic carbocycles. The van der Waals surface area contributed by atoms with Gasteiger partial charge in [0.05, 0.1) is 24.1 Å². The molecule has 3 N–H and O–H groups in total. The van der Waals surface area contributed by atoms with Gasteiger partial charge in [0.25, 0.3) is 0 Å². The van der Waals surface area contributed by atoms with Gasteiger partial charge >= 0.3 is 0 Å². The molecule has 2 aliphatic heterocycles. The first kappa shape index (κ1) is 17.5. The van der Waals surface area contributed by atoms with E-state index >= 15 is 0 Å². The van der Waals surface area contributed by atoms with Crippen LogP contribution in [0.5, 0.6) is 0 Å². The summed E-state index contributed by atoms with van der Waals surface area (Å²) in [5, 5.41) is 0. The zero-order valence-electron chi connectivity index (χ0n) is 15.5. The van der Waals surface area contributed by atoms with Crippen LogP contribution in [0.25, 0.3) is 0 Å². The Morgan fingerprint density at radius 2 is 2.04 bits per heavy atom. The highest BCUT2D eigenvalue weighted by Gasteiger charge is 2.36. The van der Waals surface area contributed by atoms with Crippen LogP contribution in [0.1, 0.15) is 34.6 Å². The molecule has 5 rings (SSSR count). The minimum absolute atomic E-state index is 0.0955. The SMILES string of the molecule is Fc1ccc(C2NNCC2CN2CCc3[nH]cnc3C2c2cccnc2)cc1. The average Bonchev–Trinajstić information content (AvgIpc) is 3.38. The van der Waals surface area contributed by atoms with E-state index < -0.39 is 0 Å². The third kappa shape index (κ3) is 3.22. The monoisotopic (exact) mass is 378 g/mol. The molecule has 2 aliphatic rings. The van der Waals surface area contributed by atoms with Gasteiger partial charge in [-0.1, -0.05) is 18.2 Å². The number of fused-ring (bicyclic) bond motifs is 1. The average molecular weight is 378 g/mol. The lowest BCUT2D eigenvalue weighted by Gasteiger charge is -2.37. The van der Waals surface area contributed by atoms with Crippen LogP contribution in [-0.4, -0.2) is 39.5 Å². The van der Waals surface area contributed by atoms with Gasteiger partial charge in [0.15, 0.2) is 0 Å². The number of halogens is 1. The summed E-state index contributed by atoms with van der Waals surface area (Å²) in [6, 6.07) is 11.1. The number of imidazole rings is 1. The molecule has 3 unspecified atom stereocenters. The van der Waals surface area contributed by atoms with Crippen molar-refractivity contribution in [1.29, 1.82) is 0 Å². The third-order valence-corrected chi connectivity index (χ3v) is 5.82. The van der Waals surface area contributed by atoms with E-state index in [9.17, 15) is 4.39 Å². The van der Waals surface area contributed by atoms with Crippen LogP contribution in [0.15, 0.2) is 55.1 Å². The summed E-state index contributed by atoms with van der Waals surface area (Å²) in [6.07, 6.45) is 6.49. The van der Waals surface area contributed by atoms with E-state index in [-0.39, 0.29) is 17.9 Å². The Bertz CT molecular complexity index is 926. The number of aromatic nitrogens is 3. The fourth-order valence-electron chi connectivity index (χ4n) is 4.46. The van der Waals surface area contributed by atoms with Gasteiger partial charge in [-0.3, -0.25) is 15.3 Å². The lowest BCUT2D eigenvalue weighted by Crippen LogP contribution is -2.41. The van der Waals surface area contributed by atoms with E-state index in [0.717, 1.165) is 42.9 Å². The van der Waals surface area contributed by atoms with Gasteiger partial charge in [-0.05, 0) is 29.3 Å². The maximum atomic E-state index is 13.3. The number of hydrogen-bond acceptors (Lipinski definition) is 5. The molecule has 144 valence electrons. The molecule has 0 bridgehead atoms. The number of pyridine rings is 1. The number of hydrogen-bond donors (Lipinski definition) is 3. The molecular weight excluding hydrogens is 355 g/mol. The molecule has 3 aromatic rings. The highest BCUT2D eigenvalue weighted by atomic mass is 19.1. The quantitative estimate of drug-likeness (QED) is 0.650. The molecule has 1 saturated heterocycles. The van der Waals surface area contributed by atoms with Crippen molar-refractivity contribution >= 4 is 0 Å². The van der Waals surface area contributed by atoms with Crippen molar-refractivity contribution in [3.05, 3.63) is 83.5 Å². The predicted octanol–water partition coefficient (Wildman–Crippen LogP) is 2.36. The van der Waals surface area contributed by atoms with Crippen molar-refractivity contribution in [1.82, 2.24) is 30.7 Å². The molecule has 0 saturated carbocycles. The molecular formula is C21H23FN6. The smallest absolute Gasteiger partial charge is 0.123 e. The van der Waals surface area contributed by atoms with Crippen LogP contribution >= 0.6 is 0 Å². The molecule has 3 atom stereocenters. The van der Waals surface area contributed by atoms with Gasteiger partial charge < -0.3 is 4.98 Å². The number of H-pyrrole nitrogens is 1. The summed E-state index contributed by atoms with van der Waals surface area (Å²) < 4.78 is 13.3. The van der Waals surface area contributed by atoms with Crippen molar-refractivity contribution in [2.45, 2.75) is 18.5 Å². The Morgan fingerprint density at radius 1 is 1.14 bits per heavy atom. The number of nitrogens with one attached hydrogen (secondary N) is 3. The first-order valence-corrected chi connectivity index (χ1v) is 9.69. The molecule has 4 heterocycles. The molecule has 6 nitrogen and oxygen atoms in total. The lowest BCUT2D eigenvalue weighted by atomic mass is 9.91. The summed E-state index contributed by atoms with van der Waals surface area (Å²) in [7, 11) is 0. The number of nitrogens with zero attached hydrogens (tertiary/aromatic N) is 3. The lowest BCUT2D eigenvalue weighted by molar-refractivity contribution is 0.173. The maximum absolute atomic E-state index is 13.3. The first-order chi connectivity index (χ1) is 13.8. The number of benzene rings is 1. The number of aromatic amines is 1. The largest absolute Gasteiger partial charge is 0.348 e. The summed E-state index contributed by atoms with van der Waals surface area (Å²) >= 11 is 0. The maximum Gasteiger partial charge on any atom is 0.123 e. The minimum atomic E-state index is -0.204. The highest BCUT2D eigenvalue weighted by molar-refractivity contribution is 5.31. The van der Waals surface area contributed by atoms with Crippen LogP contribution in [0.3, 0.4) is 0 Å². The summed E-state index contributed by atoms with van der Waals surface area (Å²) in [6.45, 7) is 2.74. The van der Waals surface area contributed by atoms with Gasteiger partial charge in [-0.15, -0.1) is 0 Å². The van der Waals surface area contributed by atoms with Crippen LogP contribution in [0, 0.1) is 11.7 Å². The van der Waals surface area contributed by atoms with E-state index in [0.29, 0.717) is 5.92 Å². The second kappa shape index (κ2) is 7.43.